The molecule has 0 spiro atoms. The molecular weight excluding hydrogens is 395 g/mol. The predicted molar refractivity (Wildman–Crippen MR) is 107 cm³/mol. The van der Waals surface area contributed by atoms with Gasteiger partial charge in [0.2, 0.25) is 5.95 Å². The van der Waals surface area contributed by atoms with E-state index >= 15 is 0 Å². The van der Waals surface area contributed by atoms with Crippen molar-refractivity contribution in [2.24, 2.45) is 7.05 Å². The zero-order valence-corrected chi connectivity index (χ0v) is 16.9. The quantitative estimate of drug-likeness (QED) is 0.825. The third-order valence-corrected chi connectivity index (χ3v) is 6.34. The van der Waals surface area contributed by atoms with Gasteiger partial charge in [-0.25, -0.2) is 0 Å². The highest BCUT2D eigenvalue weighted by Gasteiger charge is 2.24. The van der Waals surface area contributed by atoms with E-state index in [2.05, 4.69) is 11.9 Å². The SMILES string of the molecule is CCC1CN(c2nc(N)c(Sc3cccc(Cl)c3Cl)c(=O)n2C)CCO1. The minimum absolute atomic E-state index is 0.126. The number of hydrogen-bond acceptors (Lipinski definition) is 6. The number of nitrogen functional groups attached to an aromatic ring is 1. The zero-order chi connectivity index (χ0) is 18.8. The molecule has 1 atom stereocenters. The normalized spacial score (nSPS) is 17.5. The summed E-state index contributed by atoms with van der Waals surface area (Å²) in [6, 6.07) is 5.26. The van der Waals surface area contributed by atoms with Crippen LogP contribution in [0.1, 0.15) is 13.3 Å². The molecule has 1 aliphatic rings. The van der Waals surface area contributed by atoms with Crippen LogP contribution in [0.3, 0.4) is 0 Å². The number of morpholine rings is 1. The fraction of sp³-hybridized carbons (Fsp3) is 0.412. The lowest BCUT2D eigenvalue weighted by Crippen LogP contribution is -2.45. The molecule has 140 valence electrons. The molecule has 0 radical (unpaired) electrons. The number of hydrogen-bond donors (Lipinski definition) is 1. The monoisotopic (exact) mass is 414 g/mol. The van der Waals surface area contributed by atoms with Crippen molar-refractivity contribution < 1.29 is 4.74 Å². The van der Waals surface area contributed by atoms with Crippen molar-refractivity contribution in [2.45, 2.75) is 29.2 Å². The number of anilines is 2. The molecule has 0 amide bonds. The maximum Gasteiger partial charge on any atom is 0.270 e. The summed E-state index contributed by atoms with van der Waals surface area (Å²) < 4.78 is 7.21. The number of aromatic nitrogens is 2. The van der Waals surface area contributed by atoms with Gasteiger partial charge in [-0.05, 0) is 18.6 Å². The molecule has 0 saturated carbocycles. The Hall–Kier alpha value is -1.41. The summed E-state index contributed by atoms with van der Waals surface area (Å²) in [4.78, 5) is 20.4. The van der Waals surface area contributed by atoms with Crippen molar-refractivity contribution in [1.29, 1.82) is 0 Å². The van der Waals surface area contributed by atoms with E-state index in [1.165, 1.54) is 16.3 Å². The first-order chi connectivity index (χ1) is 12.4. The maximum absolute atomic E-state index is 12.9. The molecule has 1 unspecified atom stereocenters. The Morgan fingerprint density at radius 3 is 2.92 bits per heavy atom. The Kier molecular flexibility index (Phi) is 6.02. The van der Waals surface area contributed by atoms with Gasteiger partial charge < -0.3 is 15.4 Å². The average molecular weight is 415 g/mol. The zero-order valence-electron chi connectivity index (χ0n) is 14.5. The lowest BCUT2D eigenvalue weighted by molar-refractivity contribution is 0.0376. The van der Waals surface area contributed by atoms with E-state index < -0.39 is 0 Å². The molecule has 26 heavy (non-hydrogen) atoms. The summed E-state index contributed by atoms with van der Waals surface area (Å²) in [5.74, 6) is 0.736. The van der Waals surface area contributed by atoms with Gasteiger partial charge in [0, 0.05) is 25.0 Å². The first-order valence-electron chi connectivity index (χ1n) is 8.27. The molecule has 0 aliphatic carbocycles. The van der Waals surface area contributed by atoms with Gasteiger partial charge in [-0.3, -0.25) is 9.36 Å². The maximum atomic E-state index is 12.9. The highest BCUT2D eigenvalue weighted by atomic mass is 35.5. The number of halogens is 2. The number of nitrogens with two attached hydrogens (primary N) is 1. The average Bonchev–Trinajstić information content (AvgIpc) is 2.65. The summed E-state index contributed by atoms with van der Waals surface area (Å²) in [6.07, 6.45) is 1.03. The molecule has 0 bridgehead atoms. The van der Waals surface area contributed by atoms with Crippen LogP contribution in [0.25, 0.3) is 0 Å². The molecule has 1 saturated heterocycles. The third kappa shape index (κ3) is 3.81. The van der Waals surface area contributed by atoms with Crippen molar-refractivity contribution >= 4 is 46.7 Å². The van der Waals surface area contributed by atoms with E-state index in [4.69, 9.17) is 33.7 Å². The highest BCUT2D eigenvalue weighted by molar-refractivity contribution is 7.99. The summed E-state index contributed by atoms with van der Waals surface area (Å²) in [5, 5.41) is 0.819. The van der Waals surface area contributed by atoms with E-state index in [1.54, 1.807) is 25.2 Å². The van der Waals surface area contributed by atoms with Gasteiger partial charge in [0.15, 0.2) is 0 Å². The largest absolute Gasteiger partial charge is 0.382 e. The highest BCUT2D eigenvalue weighted by Crippen LogP contribution is 2.37. The molecule has 6 nitrogen and oxygen atoms in total. The predicted octanol–water partition coefficient (Wildman–Crippen LogP) is 3.44. The van der Waals surface area contributed by atoms with Crippen LogP contribution in [-0.2, 0) is 11.8 Å². The minimum Gasteiger partial charge on any atom is -0.382 e. The van der Waals surface area contributed by atoms with Crippen LogP contribution < -0.4 is 16.2 Å². The number of rotatable bonds is 4. The Bertz CT molecular complexity index is 875. The van der Waals surface area contributed by atoms with Crippen LogP contribution in [-0.4, -0.2) is 35.4 Å². The number of benzene rings is 1. The minimum atomic E-state index is -0.215. The van der Waals surface area contributed by atoms with Crippen LogP contribution in [0.2, 0.25) is 10.0 Å². The molecule has 9 heteroatoms. The molecular formula is C17H20Cl2N4O2S. The molecule has 2 heterocycles. The molecule has 1 aromatic carbocycles. The van der Waals surface area contributed by atoms with Crippen LogP contribution in [0.15, 0.2) is 32.8 Å². The Morgan fingerprint density at radius 1 is 1.42 bits per heavy atom. The number of nitrogens with zero attached hydrogens (tertiary/aromatic N) is 3. The van der Waals surface area contributed by atoms with Crippen LogP contribution in [0, 0.1) is 0 Å². The van der Waals surface area contributed by atoms with Gasteiger partial charge in [0.05, 0.1) is 22.8 Å². The third-order valence-electron chi connectivity index (χ3n) is 4.26. The van der Waals surface area contributed by atoms with Crippen LogP contribution in [0.5, 0.6) is 0 Å². The Balaban J connectivity index is 1.96. The second-order valence-corrected chi connectivity index (χ2v) is 7.83. The van der Waals surface area contributed by atoms with Gasteiger partial charge >= 0.3 is 0 Å². The Morgan fingerprint density at radius 2 is 2.19 bits per heavy atom. The molecule has 1 fully saturated rings. The lowest BCUT2D eigenvalue weighted by Gasteiger charge is -2.34. The van der Waals surface area contributed by atoms with Gasteiger partial charge in [-0.15, -0.1) is 0 Å². The summed E-state index contributed by atoms with van der Waals surface area (Å²) in [7, 11) is 1.70. The second kappa shape index (κ2) is 8.08. The van der Waals surface area contributed by atoms with Crippen LogP contribution in [0.4, 0.5) is 11.8 Å². The molecule has 2 aromatic rings. The van der Waals surface area contributed by atoms with E-state index in [9.17, 15) is 4.79 Å². The van der Waals surface area contributed by atoms with Gasteiger partial charge in [-0.2, -0.15) is 4.98 Å². The van der Waals surface area contributed by atoms with Gasteiger partial charge in [-0.1, -0.05) is 48.0 Å². The molecule has 1 aromatic heterocycles. The van der Waals surface area contributed by atoms with Crippen molar-refractivity contribution in [3.8, 4) is 0 Å². The topological polar surface area (TPSA) is 73.4 Å². The van der Waals surface area contributed by atoms with Crippen molar-refractivity contribution in [1.82, 2.24) is 9.55 Å². The number of ether oxygens (including phenoxy) is 1. The standard InChI is InChI=1S/C17H20Cl2N4O2S/c1-3-10-9-23(7-8-25-10)17-21-15(20)14(16(24)22(17)2)26-12-6-4-5-11(18)13(12)19/h4-6,10H,3,7-9,20H2,1-2H3. The molecule has 1 aliphatic heterocycles. The molecule has 3 rings (SSSR count). The fourth-order valence-electron chi connectivity index (χ4n) is 2.79. The fourth-order valence-corrected chi connectivity index (χ4v) is 4.20. The van der Waals surface area contributed by atoms with E-state index in [0.717, 1.165) is 6.42 Å². The van der Waals surface area contributed by atoms with Crippen molar-refractivity contribution in [2.75, 3.05) is 30.3 Å². The van der Waals surface area contributed by atoms with Gasteiger partial charge in [0.25, 0.3) is 5.56 Å². The summed E-state index contributed by atoms with van der Waals surface area (Å²) in [5.41, 5.74) is 5.91. The lowest BCUT2D eigenvalue weighted by atomic mass is 10.2. The second-order valence-electron chi connectivity index (χ2n) is 5.99. The van der Waals surface area contributed by atoms with E-state index in [1.807, 2.05) is 4.90 Å². The molecule has 2 N–H and O–H groups in total. The van der Waals surface area contributed by atoms with E-state index in [0.29, 0.717) is 45.5 Å². The Labute approximate surface area is 166 Å². The first-order valence-corrected chi connectivity index (χ1v) is 9.84. The van der Waals surface area contributed by atoms with E-state index in [-0.39, 0.29) is 17.5 Å². The van der Waals surface area contributed by atoms with Crippen molar-refractivity contribution in [3.05, 3.63) is 38.6 Å². The van der Waals surface area contributed by atoms with Gasteiger partial charge in [0.1, 0.15) is 10.7 Å². The smallest absolute Gasteiger partial charge is 0.270 e. The van der Waals surface area contributed by atoms with Crippen LogP contribution >= 0.6 is 35.0 Å². The van der Waals surface area contributed by atoms with Crippen molar-refractivity contribution in [3.63, 3.8) is 0 Å². The summed E-state index contributed by atoms with van der Waals surface area (Å²) >= 11 is 13.5. The first kappa shape index (κ1) is 19.4. The summed E-state index contributed by atoms with van der Waals surface area (Å²) in [6.45, 7) is 4.03.